The van der Waals surface area contributed by atoms with E-state index in [9.17, 15) is 13.6 Å². The second-order valence-corrected chi connectivity index (χ2v) is 10.3. The Hall–Kier alpha value is -3.05. The molecule has 3 aromatic rings. The van der Waals surface area contributed by atoms with E-state index in [0.29, 0.717) is 55.9 Å². The smallest absolute Gasteiger partial charge is 0.320 e. The van der Waals surface area contributed by atoms with Gasteiger partial charge in [0.1, 0.15) is 5.02 Å². The number of methoxy groups -OCH3 is 1. The molecule has 2 saturated heterocycles. The predicted octanol–water partition coefficient (Wildman–Crippen LogP) is 4.93. The summed E-state index contributed by atoms with van der Waals surface area (Å²) >= 11 is 6.84. The quantitative estimate of drug-likeness (QED) is 0.409. The third kappa shape index (κ3) is 6.24. The summed E-state index contributed by atoms with van der Waals surface area (Å²) in [4.78, 5) is 15.5. The molecule has 208 valence electrons. The first-order valence-electron chi connectivity index (χ1n) is 13.1. The molecular weight excluding hydrogens is 528 g/mol. The molecule has 2 N–H and O–H groups in total. The SMILES string of the molecule is COCCN1CC(NC(=O)Nc2c(Cl)c(C3CCOCC3)nn2-c2ccccc2)C(c2ccc(F)c(F)c2)C1. The Bertz CT molecular complexity index is 1290. The van der Waals surface area contributed by atoms with Gasteiger partial charge in [0.2, 0.25) is 0 Å². The molecule has 2 unspecified atom stereocenters. The number of aromatic nitrogens is 2. The Morgan fingerprint density at radius 3 is 2.62 bits per heavy atom. The lowest BCUT2D eigenvalue weighted by atomic mass is 9.94. The molecule has 2 aliphatic heterocycles. The summed E-state index contributed by atoms with van der Waals surface area (Å²) in [6.45, 7) is 3.53. The Kier molecular flexibility index (Phi) is 8.76. The maximum Gasteiger partial charge on any atom is 0.320 e. The minimum Gasteiger partial charge on any atom is -0.383 e. The van der Waals surface area contributed by atoms with Crippen LogP contribution in [0.15, 0.2) is 48.5 Å². The first-order valence-corrected chi connectivity index (χ1v) is 13.5. The van der Waals surface area contributed by atoms with E-state index >= 15 is 0 Å². The lowest BCUT2D eigenvalue weighted by Crippen LogP contribution is -2.42. The van der Waals surface area contributed by atoms with Gasteiger partial charge in [0.15, 0.2) is 17.5 Å². The first kappa shape index (κ1) is 27.5. The molecular formula is C28H32ClF2N5O3. The van der Waals surface area contributed by atoms with Crippen molar-refractivity contribution in [1.82, 2.24) is 20.0 Å². The molecule has 2 aromatic carbocycles. The summed E-state index contributed by atoms with van der Waals surface area (Å²) in [7, 11) is 1.63. The number of urea groups is 1. The minimum atomic E-state index is -0.912. The Labute approximate surface area is 231 Å². The molecule has 8 nitrogen and oxygen atoms in total. The summed E-state index contributed by atoms with van der Waals surface area (Å²) in [6, 6.07) is 12.5. The number of likely N-dealkylation sites (tertiary alicyclic amines) is 1. The van der Waals surface area contributed by atoms with Crippen LogP contribution < -0.4 is 10.6 Å². The number of carbonyl (C=O) groups excluding carboxylic acids is 1. The summed E-state index contributed by atoms with van der Waals surface area (Å²) in [6.07, 6.45) is 1.60. The van der Waals surface area contributed by atoms with E-state index in [-0.39, 0.29) is 17.9 Å². The number of benzene rings is 2. The van der Waals surface area contributed by atoms with E-state index in [1.165, 1.54) is 6.07 Å². The van der Waals surface area contributed by atoms with E-state index in [0.717, 1.165) is 30.3 Å². The fourth-order valence-electron chi connectivity index (χ4n) is 5.34. The Morgan fingerprint density at radius 2 is 1.90 bits per heavy atom. The van der Waals surface area contributed by atoms with Gasteiger partial charge in [-0.25, -0.2) is 18.3 Å². The van der Waals surface area contributed by atoms with Crippen LogP contribution in [0.4, 0.5) is 19.4 Å². The summed E-state index contributed by atoms with van der Waals surface area (Å²) in [5.41, 5.74) is 2.11. The Morgan fingerprint density at radius 1 is 1.13 bits per heavy atom. The maximum atomic E-state index is 14.1. The van der Waals surface area contributed by atoms with Gasteiger partial charge in [-0.3, -0.25) is 10.2 Å². The zero-order valence-electron chi connectivity index (χ0n) is 21.7. The van der Waals surface area contributed by atoms with E-state index in [1.807, 2.05) is 30.3 Å². The van der Waals surface area contributed by atoms with Crippen LogP contribution in [-0.2, 0) is 9.47 Å². The van der Waals surface area contributed by atoms with Crippen LogP contribution in [0.2, 0.25) is 5.02 Å². The van der Waals surface area contributed by atoms with Crippen LogP contribution in [0.1, 0.15) is 35.9 Å². The number of anilines is 1. The molecule has 3 heterocycles. The van der Waals surface area contributed by atoms with Gasteiger partial charge in [-0.15, -0.1) is 0 Å². The summed E-state index contributed by atoms with van der Waals surface area (Å²) in [5, 5.41) is 11.2. The number of carbonyl (C=O) groups is 1. The van der Waals surface area contributed by atoms with Crippen molar-refractivity contribution in [2.75, 3.05) is 51.9 Å². The highest BCUT2D eigenvalue weighted by Gasteiger charge is 2.36. The molecule has 0 aliphatic carbocycles. The molecule has 0 radical (unpaired) electrons. The van der Waals surface area contributed by atoms with E-state index in [2.05, 4.69) is 15.5 Å². The normalized spacial score (nSPS) is 20.3. The van der Waals surface area contributed by atoms with Crippen molar-refractivity contribution in [1.29, 1.82) is 0 Å². The fraction of sp³-hybridized carbons (Fsp3) is 0.429. The zero-order chi connectivity index (χ0) is 27.4. The van der Waals surface area contributed by atoms with Crippen molar-refractivity contribution in [3.8, 4) is 5.69 Å². The Balaban J connectivity index is 1.39. The molecule has 39 heavy (non-hydrogen) atoms. The topological polar surface area (TPSA) is 80.7 Å². The molecule has 0 spiro atoms. The number of ether oxygens (including phenoxy) is 2. The van der Waals surface area contributed by atoms with E-state index in [4.69, 9.17) is 26.2 Å². The lowest BCUT2D eigenvalue weighted by Gasteiger charge is -2.21. The molecule has 2 atom stereocenters. The highest BCUT2D eigenvalue weighted by atomic mass is 35.5. The maximum absolute atomic E-state index is 14.1. The van der Waals surface area contributed by atoms with E-state index < -0.39 is 17.7 Å². The van der Waals surface area contributed by atoms with Crippen molar-refractivity contribution in [3.63, 3.8) is 0 Å². The third-order valence-electron chi connectivity index (χ3n) is 7.39. The molecule has 0 bridgehead atoms. The number of nitrogens with zero attached hydrogens (tertiary/aromatic N) is 3. The van der Waals surface area contributed by atoms with Crippen molar-refractivity contribution >= 4 is 23.4 Å². The highest BCUT2D eigenvalue weighted by Crippen LogP contribution is 2.37. The fourth-order valence-corrected chi connectivity index (χ4v) is 5.66. The number of hydrogen-bond acceptors (Lipinski definition) is 5. The number of halogens is 3. The third-order valence-corrected chi connectivity index (χ3v) is 7.76. The van der Waals surface area contributed by atoms with Crippen LogP contribution in [0.3, 0.4) is 0 Å². The highest BCUT2D eigenvalue weighted by molar-refractivity contribution is 6.34. The van der Waals surface area contributed by atoms with Gasteiger partial charge >= 0.3 is 6.03 Å². The van der Waals surface area contributed by atoms with Crippen LogP contribution >= 0.6 is 11.6 Å². The standard InChI is InChI=1S/C28H32ClF2N5O3/c1-38-14-11-35-16-21(19-7-8-22(30)23(31)15-19)24(17-35)32-28(37)33-27-25(29)26(18-9-12-39-13-10-18)34-36(27)20-5-3-2-4-6-20/h2-8,15,18,21,24H,9-14,16-17H2,1H3,(H2,32,33,37). The van der Waals surface area contributed by atoms with Crippen molar-refractivity contribution in [3.05, 3.63) is 76.4 Å². The molecule has 2 amide bonds. The predicted molar refractivity (Wildman–Crippen MR) is 145 cm³/mol. The molecule has 2 aliphatic rings. The van der Waals surface area contributed by atoms with Crippen molar-refractivity contribution in [2.24, 2.45) is 0 Å². The second kappa shape index (κ2) is 12.4. The van der Waals surface area contributed by atoms with Gasteiger partial charge in [0.05, 0.1) is 24.0 Å². The lowest BCUT2D eigenvalue weighted by molar-refractivity contribution is 0.0844. The monoisotopic (exact) mass is 559 g/mol. The average Bonchev–Trinajstić information content (AvgIpc) is 3.50. The van der Waals surface area contributed by atoms with E-state index in [1.54, 1.807) is 17.9 Å². The van der Waals surface area contributed by atoms with Gasteiger partial charge in [-0.2, -0.15) is 5.10 Å². The number of nitrogens with one attached hydrogen (secondary N) is 2. The summed E-state index contributed by atoms with van der Waals surface area (Å²) < 4.78 is 40.1. The van der Waals surface area contributed by atoms with Crippen LogP contribution in [0.25, 0.3) is 5.69 Å². The average molecular weight is 560 g/mol. The number of rotatable bonds is 8. The summed E-state index contributed by atoms with van der Waals surface area (Å²) in [5.74, 6) is -1.55. The zero-order valence-corrected chi connectivity index (χ0v) is 22.5. The largest absolute Gasteiger partial charge is 0.383 e. The molecule has 0 saturated carbocycles. The van der Waals surface area contributed by atoms with Crippen molar-refractivity contribution in [2.45, 2.75) is 30.7 Å². The molecule has 5 rings (SSSR count). The first-order chi connectivity index (χ1) is 18.9. The number of amides is 2. The number of hydrogen-bond donors (Lipinski definition) is 2. The van der Waals surface area contributed by atoms with Gasteiger partial charge in [-0.05, 0) is 42.7 Å². The van der Waals surface area contributed by atoms with Gasteiger partial charge in [0.25, 0.3) is 0 Å². The molecule has 11 heteroatoms. The number of para-hydroxylation sites is 1. The second-order valence-electron chi connectivity index (χ2n) is 9.92. The van der Waals surface area contributed by atoms with Crippen LogP contribution in [0.5, 0.6) is 0 Å². The minimum absolute atomic E-state index is 0.127. The van der Waals surface area contributed by atoms with Gasteiger partial charge in [0, 0.05) is 51.8 Å². The van der Waals surface area contributed by atoms with Crippen LogP contribution in [-0.4, -0.2) is 73.3 Å². The van der Waals surface area contributed by atoms with Gasteiger partial charge in [-0.1, -0.05) is 35.9 Å². The van der Waals surface area contributed by atoms with Crippen LogP contribution in [0, 0.1) is 11.6 Å². The molecule has 1 aromatic heterocycles. The molecule has 2 fully saturated rings. The van der Waals surface area contributed by atoms with Crippen molar-refractivity contribution < 1.29 is 23.0 Å². The van der Waals surface area contributed by atoms with Gasteiger partial charge < -0.3 is 14.8 Å².